The summed E-state index contributed by atoms with van der Waals surface area (Å²) in [5, 5.41) is 20.1. The van der Waals surface area contributed by atoms with E-state index < -0.39 is 123 Å². The maximum Gasteiger partial charge on any atom is 0.417 e. The Hall–Kier alpha value is -6.70. The first-order valence-corrected chi connectivity index (χ1v) is 32.8. The molecule has 3 aromatic heterocycles. The van der Waals surface area contributed by atoms with Crippen LogP contribution in [-0.2, 0) is 25.4 Å². The largest absolute Gasteiger partial charge is 0.472 e. The van der Waals surface area contributed by atoms with Gasteiger partial charge >= 0.3 is 12.2 Å². The van der Waals surface area contributed by atoms with Crippen LogP contribution in [0.3, 0.4) is 0 Å². The fraction of sp³-hybridized carbons (Fsp3) is 0.606. The fourth-order valence-electron chi connectivity index (χ4n) is 14.3. The van der Waals surface area contributed by atoms with Crippen LogP contribution in [-0.4, -0.2) is 145 Å². The lowest BCUT2D eigenvalue weighted by Gasteiger charge is -2.52. The molecule has 2 unspecified atom stereocenters. The number of nitrogens with zero attached hydrogens (tertiary/aromatic N) is 7. The highest BCUT2D eigenvalue weighted by Gasteiger charge is 2.52. The number of aromatic nitrogens is 4. The second-order valence-corrected chi connectivity index (χ2v) is 28.0. The van der Waals surface area contributed by atoms with Gasteiger partial charge in [0.1, 0.15) is 58.7 Å². The van der Waals surface area contributed by atoms with Gasteiger partial charge in [0.25, 0.3) is 0 Å². The number of aliphatic hydroxyl groups is 1. The van der Waals surface area contributed by atoms with Gasteiger partial charge in [0.05, 0.1) is 56.6 Å². The number of rotatable bonds is 19. The van der Waals surface area contributed by atoms with Crippen molar-refractivity contribution in [2.45, 2.75) is 206 Å². The highest BCUT2D eigenvalue weighted by atomic mass is 32.1. The number of hydrogen-bond donors (Lipinski definition) is 5. The summed E-state index contributed by atoms with van der Waals surface area (Å²) in [6.45, 7) is 19.4. The summed E-state index contributed by atoms with van der Waals surface area (Å²) in [4.78, 5) is 80.9. The van der Waals surface area contributed by atoms with E-state index in [0.717, 1.165) is 41.1 Å². The highest BCUT2D eigenvalue weighted by Crippen LogP contribution is 2.51. The predicted molar refractivity (Wildman–Crippen MR) is 335 cm³/mol. The summed E-state index contributed by atoms with van der Waals surface area (Å²) in [7, 11) is 0. The van der Waals surface area contributed by atoms with E-state index in [1.54, 1.807) is 23.8 Å². The number of piperidine rings is 1. The molecule has 5 aromatic rings. The summed E-state index contributed by atoms with van der Waals surface area (Å²) >= 11 is 1.55. The number of amides is 3. The zero-order valence-electron chi connectivity index (χ0n) is 53.4. The first-order valence-electron chi connectivity index (χ1n) is 31.9. The van der Waals surface area contributed by atoms with Gasteiger partial charge in [0.15, 0.2) is 11.6 Å². The Kier molecular flexibility index (Phi) is 19.7. The van der Waals surface area contributed by atoms with Crippen LogP contribution in [0.5, 0.6) is 11.9 Å². The number of nitrogen functional groups attached to an aromatic ring is 1. The monoisotopic (exact) mass is 1290 g/mol. The van der Waals surface area contributed by atoms with Crippen molar-refractivity contribution in [3.8, 4) is 33.6 Å². The zero-order chi connectivity index (χ0) is 65.8. The van der Waals surface area contributed by atoms with Gasteiger partial charge in [-0.15, -0.1) is 11.3 Å². The number of halogens is 6. The number of ether oxygens (including phenoxy) is 2. The van der Waals surface area contributed by atoms with Crippen molar-refractivity contribution in [3.63, 3.8) is 0 Å². The van der Waals surface area contributed by atoms with Crippen LogP contribution in [0, 0.1) is 42.7 Å². The van der Waals surface area contributed by atoms with E-state index in [1.807, 2.05) is 89.5 Å². The average molecular weight is 1290 g/mol. The highest BCUT2D eigenvalue weighted by molar-refractivity contribution is 7.13. The van der Waals surface area contributed by atoms with Crippen molar-refractivity contribution in [3.05, 3.63) is 69.9 Å². The van der Waals surface area contributed by atoms with Crippen LogP contribution >= 0.6 is 11.3 Å². The lowest BCUT2D eigenvalue weighted by molar-refractivity contribution is -0.144. The Balaban J connectivity index is 0.795. The number of aryl methyl sites for hydroxylation is 2. The van der Waals surface area contributed by atoms with Crippen molar-refractivity contribution in [1.29, 1.82) is 0 Å². The fourth-order valence-corrected chi connectivity index (χ4v) is 15.1. The van der Waals surface area contributed by atoms with E-state index in [1.165, 1.54) is 4.90 Å². The number of pyridine rings is 1. The molecule has 25 heteroatoms. The minimum Gasteiger partial charge on any atom is -0.472 e. The van der Waals surface area contributed by atoms with Gasteiger partial charge in [0, 0.05) is 44.9 Å². The normalized spacial score (nSPS) is 25.4. The molecule has 8 heterocycles. The van der Waals surface area contributed by atoms with Crippen molar-refractivity contribution in [1.82, 2.24) is 45.7 Å². The molecule has 0 saturated carbocycles. The molecule has 4 saturated heterocycles. The Morgan fingerprint density at radius 2 is 1.71 bits per heavy atom. The van der Waals surface area contributed by atoms with Crippen LogP contribution in [0.1, 0.15) is 154 Å². The van der Waals surface area contributed by atoms with Gasteiger partial charge in [0.2, 0.25) is 23.6 Å². The van der Waals surface area contributed by atoms with Crippen molar-refractivity contribution < 1.29 is 60.1 Å². The molecular weight excluding hydrogens is 1200 g/mol. The number of Topliss-reactive ketones (excluding diaryl/α,β-unsaturated/α-hetero) is 1. The number of aliphatic hydroxyl groups excluding tert-OH is 1. The SMILES string of the molecule is CC[C@H](NCCCCC(=O)N[C@H](C(=O)N1C[C@H](O)C[C@H]1C(=O)N[C@@H](C)c1ccc(-c2scnc2C)cc1)C(C)(C)C)C(=O)CC1C[C@@]2(C)[C@H](C)Oc3nc(-c4c(F)c(N)cc(C)c4C(F)(F)F)c(F)c4nc(OC5CC[C@@H](F)CN6CCC[C@H]56)nc(c34)N2C[C@@H]1C. The van der Waals surface area contributed by atoms with E-state index in [4.69, 9.17) is 20.2 Å². The molecule has 0 radical (unpaired) electrons. The number of β-amino-alcohol motifs (C(OH)–C–C–N with tert-alkyl or cyclic N) is 1. The van der Waals surface area contributed by atoms with Crippen molar-refractivity contribution in [2.24, 2.45) is 17.3 Å². The number of ketones is 1. The standard InChI is InChI=1S/C66H85F6N11O7S/c1-11-44(74-23-13-12-16-49(86)77-58(64(7,8)9)62(88)82-31-42(84)27-46(82)60(87)76-35(4)38-17-19-39(20-18-38)57-36(5)75-32-91-57)47(85)26-40-28-65(10)37(6)89-61-51-56(54(69)55(78-61)50-52(66(70,71)72)33(2)25-43(73)53(50)68)79-63(80-59(51)83(65)29-34(40)3)90-48-22-21-41(67)30-81-24-14-15-45(48)81/h17-20,25,32,34-35,37,40-42,44-46,48,58,74,84H,11-16,21-24,26-31,73H2,1-10H3,(H,76,87)(H,77,86)/t34-,35-,37-,40?,41+,42+,44-,45+,46-,48?,58+,65-/m0/s1. The van der Waals surface area contributed by atoms with E-state index >= 15 is 13.2 Å². The molecule has 4 fully saturated rings. The summed E-state index contributed by atoms with van der Waals surface area (Å²) in [6.07, 6.45) is -4.64. The van der Waals surface area contributed by atoms with Gasteiger partial charge < -0.3 is 46.1 Å². The zero-order valence-corrected chi connectivity index (χ0v) is 54.2. The number of nitrogens with one attached hydrogen (secondary N) is 3. The van der Waals surface area contributed by atoms with Gasteiger partial charge in [-0.1, -0.05) is 58.9 Å². The molecule has 91 heavy (non-hydrogen) atoms. The number of fused-ring (bicyclic) bond motifs is 3. The molecule has 3 amide bonds. The van der Waals surface area contributed by atoms with E-state index in [9.17, 15) is 37.5 Å². The Labute approximate surface area is 531 Å². The Bertz CT molecular complexity index is 3530. The number of anilines is 2. The minimum absolute atomic E-state index is 0.0376. The molecule has 2 aromatic carbocycles. The Morgan fingerprint density at radius 1 is 0.978 bits per heavy atom. The summed E-state index contributed by atoms with van der Waals surface area (Å²) < 4.78 is 107. The maximum atomic E-state index is 17.6. The molecule has 0 bridgehead atoms. The molecule has 0 aliphatic carbocycles. The lowest BCUT2D eigenvalue weighted by atomic mass is 9.71. The van der Waals surface area contributed by atoms with Gasteiger partial charge in [-0.25, -0.2) is 23.1 Å². The third kappa shape index (κ3) is 13.9. The molecule has 494 valence electrons. The smallest absolute Gasteiger partial charge is 0.417 e. The summed E-state index contributed by atoms with van der Waals surface area (Å²) in [6, 6.07) is 5.28. The predicted octanol–water partition coefficient (Wildman–Crippen LogP) is 10.5. The van der Waals surface area contributed by atoms with Gasteiger partial charge in [-0.3, -0.25) is 24.1 Å². The Morgan fingerprint density at radius 3 is 2.40 bits per heavy atom. The number of alkyl halides is 4. The molecule has 0 spiro atoms. The second-order valence-electron chi connectivity index (χ2n) is 27.1. The first-order chi connectivity index (χ1) is 43.0. The van der Waals surface area contributed by atoms with Crippen LogP contribution in [0.4, 0.5) is 37.8 Å². The molecule has 5 aliphatic heterocycles. The molecule has 18 nitrogen and oxygen atoms in total. The minimum atomic E-state index is -5.17. The third-order valence-corrected chi connectivity index (χ3v) is 20.5. The van der Waals surface area contributed by atoms with Crippen molar-refractivity contribution in [2.75, 3.05) is 43.4 Å². The van der Waals surface area contributed by atoms with Crippen LogP contribution in [0.2, 0.25) is 0 Å². The number of hydrogen-bond acceptors (Lipinski definition) is 16. The first kappa shape index (κ1) is 67.2. The van der Waals surface area contributed by atoms with Gasteiger partial charge in [-0.05, 0) is 139 Å². The number of benzene rings is 2. The number of likely N-dealkylation sites (tertiary alicyclic amines) is 1. The molecule has 12 atom stereocenters. The molecular formula is C66H85F6N11O7S. The summed E-state index contributed by atoms with van der Waals surface area (Å²) in [5.74, 6) is -4.81. The molecule has 5 aliphatic rings. The number of carbonyl (C=O) groups excluding carboxylic acids is 4. The van der Waals surface area contributed by atoms with Crippen molar-refractivity contribution >= 4 is 57.2 Å². The maximum absolute atomic E-state index is 17.6. The van der Waals surface area contributed by atoms with Gasteiger partial charge in [-0.2, -0.15) is 23.1 Å². The van der Waals surface area contributed by atoms with Crippen LogP contribution < -0.4 is 36.1 Å². The molecule has 6 N–H and O–H groups in total. The van der Waals surface area contributed by atoms with Crippen LogP contribution in [0.15, 0.2) is 35.8 Å². The number of thiazole rings is 1. The quantitative estimate of drug-likeness (QED) is 0.0294. The topological polar surface area (TPSA) is 230 Å². The number of carbonyl (C=O) groups is 4. The third-order valence-electron chi connectivity index (χ3n) is 19.5. The number of nitrogens with two attached hydrogens (primary N) is 1. The second kappa shape index (κ2) is 26.7. The lowest BCUT2D eigenvalue weighted by Crippen LogP contribution is -2.62. The van der Waals surface area contributed by atoms with E-state index in [2.05, 4.69) is 30.9 Å². The van der Waals surface area contributed by atoms with E-state index in [-0.39, 0.29) is 98.0 Å². The average Bonchev–Trinajstić information content (AvgIpc) is 1.69. The molecule has 10 rings (SSSR count). The van der Waals surface area contributed by atoms with Crippen LogP contribution in [0.25, 0.3) is 32.6 Å². The summed E-state index contributed by atoms with van der Waals surface area (Å²) in [5.41, 5.74) is 3.45. The number of unbranched alkanes of at least 4 members (excludes halogenated alkanes) is 1. The van der Waals surface area contributed by atoms with E-state index in [0.29, 0.717) is 51.6 Å².